The summed E-state index contributed by atoms with van der Waals surface area (Å²) in [4.78, 5) is 2.37. The molecule has 0 unspecified atom stereocenters. The molecule has 212 valence electrons. The number of hydrogen-bond donors (Lipinski definition) is 0. The zero-order chi connectivity index (χ0) is 29.7. The molecule has 0 N–H and O–H groups in total. The van der Waals surface area contributed by atoms with Crippen LogP contribution in [0.4, 0.5) is 17.1 Å². The summed E-state index contributed by atoms with van der Waals surface area (Å²) in [6, 6.07) is 61.8. The van der Waals surface area contributed by atoms with Gasteiger partial charge in [-0.05, 0) is 18.2 Å². The number of para-hydroxylation sites is 3. The Bertz CT molecular complexity index is 2470. The van der Waals surface area contributed by atoms with E-state index >= 15 is 0 Å². The van der Waals surface area contributed by atoms with Crippen molar-refractivity contribution in [3.8, 4) is 16.8 Å². The molecule has 9 aromatic rings. The van der Waals surface area contributed by atoms with Gasteiger partial charge in [-0.1, -0.05) is 36.4 Å². The molecule has 0 saturated heterocycles. The normalized spacial score (nSPS) is 11.6. The third-order valence-corrected chi connectivity index (χ3v) is 11.2. The van der Waals surface area contributed by atoms with Crippen LogP contribution < -0.4 is 4.90 Å². The minimum atomic E-state index is 0.314. The fourth-order valence-electron chi connectivity index (χ4n) is 6.69. The standard InChI is InChI=1S/C42H28N2Se/c1-3-11-31(12-4-1)43(34-24-26-38-37-16-8-10-18-41(37)45-42(38)28-34)33-22-19-29(20-23-33)30-21-25-36-35-15-7-9-17-39(35)44(40(36)27-30)32-13-5-2-6-14-32/h1-28H. The molecule has 0 aliphatic heterocycles. The van der Waals surface area contributed by atoms with Crippen LogP contribution in [0.1, 0.15) is 0 Å². The molecule has 0 fully saturated rings. The van der Waals surface area contributed by atoms with Gasteiger partial charge in [0.15, 0.2) is 0 Å². The van der Waals surface area contributed by atoms with Gasteiger partial charge < -0.3 is 0 Å². The molecule has 45 heavy (non-hydrogen) atoms. The van der Waals surface area contributed by atoms with E-state index in [1.54, 1.807) is 0 Å². The quantitative estimate of drug-likeness (QED) is 0.170. The summed E-state index contributed by atoms with van der Waals surface area (Å²) >= 11 is 0.314. The van der Waals surface area contributed by atoms with Gasteiger partial charge in [0.05, 0.1) is 5.52 Å². The second-order valence-corrected chi connectivity index (χ2v) is 13.7. The van der Waals surface area contributed by atoms with E-state index in [0.717, 1.165) is 11.4 Å². The third kappa shape index (κ3) is 4.40. The molecule has 2 nitrogen and oxygen atoms in total. The summed E-state index contributed by atoms with van der Waals surface area (Å²) < 4.78 is 5.30. The molecule has 0 saturated carbocycles. The maximum absolute atomic E-state index is 2.40. The van der Waals surface area contributed by atoms with Crippen molar-refractivity contribution >= 4 is 72.7 Å². The Labute approximate surface area is 267 Å². The van der Waals surface area contributed by atoms with Gasteiger partial charge in [-0.2, -0.15) is 0 Å². The van der Waals surface area contributed by atoms with Gasteiger partial charge in [0, 0.05) is 11.1 Å². The first-order chi connectivity index (χ1) is 22.3. The molecule has 0 aliphatic carbocycles. The fourth-order valence-corrected chi connectivity index (χ4v) is 9.08. The number of aromatic nitrogens is 1. The molecule has 3 heteroatoms. The van der Waals surface area contributed by atoms with Crippen molar-refractivity contribution in [2.45, 2.75) is 0 Å². The van der Waals surface area contributed by atoms with E-state index in [1.807, 2.05) is 0 Å². The average Bonchev–Trinajstić information content (AvgIpc) is 3.64. The number of fused-ring (bicyclic) bond motifs is 6. The Hall–Kier alpha value is -5.34. The van der Waals surface area contributed by atoms with Crippen molar-refractivity contribution < 1.29 is 0 Å². The SMILES string of the molecule is c1ccc(N(c2ccc(-c3ccc4c5ccccc5n(-c5ccccc5)c4c3)cc2)c2ccc3c(c2)[se]c2ccccc23)cc1. The Balaban J connectivity index is 1.15. The van der Waals surface area contributed by atoms with E-state index in [-0.39, 0.29) is 0 Å². The van der Waals surface area contributed by atoms with Crippen molar-refractivity contribution in [2.24, 2.45) is 0 Å². The maximum atomic E-state index is 2.40. The van der Waals surface area contributed by atoms with Gasteiger partial charge in [0.1, 0.15) is 0 Å². The van der Waals surface area contributed by atoms with E-state index < -0.39 is 0 Å². The zero-order valence-corrected chi connectivity index (χ0v) is 26.2. The molecule has 0 radical (unpaired) electrons. The van der Waals surface area contributed by atoms with Crippen LogP contribution in [0, 0.1) is 0 Å². The van der Waals surface area contributed by atoms with Crippen molar-refractivity contribution in [3.63, 3.8) is 0 Å². The minimum absolute atomic E-state index is 0.314. The van der Waals surface area contributed by atoms with Crippen molar-refractivity contribution in [2.75, 3.05) is 4.90 Å². The monoisotopic (exact) mass is 640 g/mol. The van der Waals surface area contributed by atoms with Crippen LogP contribution in [0.15, 0.2) is 170 Å². The molecule has 2 aromatic heterocycles. The molecule has 0 spiro atoms. The predicted octanol–water partition coefficient (Wildman–Crippen LogP) is 11.3. The molecule has 9 rings (SSSR count). The average molecular weight is 640 g/mol. The van der Waals surface area contributed by atoms with Crippen molar-refractivity contribution in [1.29, 1.82) is 0 Å². The van der Waals surface area contributed by atoms with E-state index in [2.05, 4.69) is 179 Å². The molecular formula is C42H28N2Se. The first-order valence-corrected chi connectivity index (χ1v) is 17.0. The summed E-state index contributed by atoms with van der Waals surface area (Å²) in [7, 11) is 0. The fraction of sp³-hybridized carbons (Fsp3) is 0. The van der Waals surface area contributed by atoms with Gasteiger partial charge in [0.25, 0.3) is 0 Å². The predicted molar refractivity (Wildman–Crippen MR) is 193 cm³/mol. The Kier molecular flexibility index (Phi) is 6.19. The van der Waals surface area contributed by atoms with Crippen LogP contribution >= 0.6 is 0 Å². The number of nitrogens with zero attached hydrogens (tertiary/aromatic N) is 2. The topological polar surface area (TPSA) is 8.17 Å². The third-order valence-electron chi connectivity index (χ3n) is 8.78. The summed E-state index contributed by atoms with van der Waals surface area (Å²) in [5.74, 6) is 0. The first-order valence-electron chi connectivity index (χ1n) is 15.3. The first kappa shape index (κ1) is 26.1. The Morgan fingerprint density at radius 3 is 1.78 bits per heavy atom. The van der Waals surface area contributed by atoms with E-state index in [1.165, 1.54) is 63.6 Å². The molecule has 0 bridgehead atoms. The zero-order valence-electron chi connectivity index (χ0n) is 24.5. The van der Waals surface area contributed by atoms with Crippen molar-refractivity contribution in [3.05, 3.63) is 170 Å². The number of benzene rings is 7. The van der Waals surface area contributed by atoms with Gasteiger partial charge in [-0.15, -0.1) is 0 Å². The van der Waals surface area contributed by atoms with Crippen LogP contribution in [0.2, 0.25) is 0 Å². The Morgan fingerprint density at radius 1 is 0.378 bits per heavy atom. The van der Waals surface area contributed by atoms with Crippen molar-refractivity contribution in [1.82, 2.24) is 4.57 Å². The molecule has 0 aliphatic rings. The van der Waals surface area contributed by atoms with Gasteiger partial charge in [0.2, 0.25) is 0 Å². The van der Waals surface area contributed by atoms with Crippen LogP contribution in [-0.2, 0) is 0 Å². The van der Waals surface area contributed by atoms with E-state index in [9.17, 15) is 0 Å². The van der Waals surface area contributed by atoms with Crippen LogP contribution in [0.3, 0.4) is 0 Å². The van der Waals surface area contributed by atoms with Crippen LogP contribution in [0.5, 0.6) is 0 Å². The van der Waals surface area contributed by atoms with Gasteiger partial charge in [-0.25, -0.2) is 0 Å². The van der Waals surface area contributed by atoms with Crippen LogP contribution in [-0.4, -0.2) is 19.1 Å². The summed E-state index contributed by atoms with van der Waals surface area (Å²) in [5.41, 5.74) is 9.52. The molecular weight excluding hydrogens is 611 g/mol. The Morgan fingerprint density at radius 2 is 0.956 bits per heavy atom. The van der Waals surface area contributed by atoms with Gasteiger partial charge in [-0.3, -0.25) is 0 Å². The number of anilines is 3. The molecule has 7 aromatic carbocycles. The molecule has 2 heterocycles. The molecule has 0 amide bonds. The van der Waals surface area contributed by atoms with E-state index in [0.29, 0.717) is 14.5 Å². The summed E-state index contributed by atoms with van der Waals surface area (Å²) in [5, 5.41) is 5.31. The number of rotatable bonds is 5. The van der Waals surface area contributed by atoms with Gasteiger partial charge >= 0.3 is 198 Å². The molecule has 0 atom stereocenters. The second-order valence-electron chi connectivity index (χ2n) is 11.4. The van der Waals surface area contributed by atoms with Crippen LogP contribution in [0.25, 0.3) is 57.9 Å². The summed E-state index contributed by atoms with van der Waals surface area (Å²) in [6.45, 7) is 0. The second kappa shape index (κ2) is 10.7. The van der Waals surface area contributed by atoms with E-state index in [4.69, 9.17) is 0 Å². The summed E-state index contributed by atoms with van der Waals surface area (Å²) in [6.07, 6.45) is 0. The number of hydrogen-bond acceptors (Lipinski definition) is 1.